The van der Waals surface area contributed by atoms with Crippen molar-refractivity contribution in [3.05, 3.63) is 71.2 Å². The first-order chi connectivity index (χ1) is 13.6. The number of carbonyl (C=O) groups is 1. The van der Waals surface area contributed by atoms with Crippen molar-refractivity contribution in [2.45, 2.75) is 6.54 Å². The Hall–Kier alpha value is -3.42. The van der Waals surface area contributed by atoms with Gasteiger partial charge in [0, 0.05) is 37.9 Å². The number of pyridine rings is 1. The molecule has 0 unspecified atom stereocenters. The quantitative estimate of drug-likeness (QED) is 0.690. The molecule has 1 aliphatic heterocycles. The van der Waals surface area contributed by atoms with Gasteiger partial charge in [-0.3, -0.25) is 9.36 Å². The average molecular weight is 382 g/mol. The minimum absolute atomic E-state index is 0.0902. The Labute approximate surface area is 160 Å². The third-order valence-electron chi connectivity index (χ3n) is 4.74. The molecular weight excluding hydrogens is 363 g/mol. The van der Waals surface area contributed by atoms with Gasteiger partial charge in [-0.2, -0.15) is 0 Å². The molecule has 1 saturated heterocycles. The maximum absolute atomic E-state index is 13.0. The van der Waals surface area contributed by atoms with Crippen LogP contribution in [0, 0.1) is 5.82 Å². The third kappa shape index (κ3) is 3.80. The Morgan fingerprint density at radius 2 is 1.82 bits per heavy atom. The van der Waals surface area contributed by atoms with E-state index in [0.29, 0.717) is 37.5 Å². The van der Waals surface area contributed by atoms with Crippen LogP contribution in [0.25, 0.3) is 11.3 Å². The highest BCUT2D eigenvalue weighted by atomic mass is 19.1. The normalized spacial score (nSPS) is 14.3. The molecule has 7 nitrogen and oxygen atoms in total. The molecule has 8 heteroatoms. The predicted octanol–water partition coefficient (Wildman–Crippen LogP) is 1.99. The van der Waals surface area contributed by atoms with Gasteiger partial charge in [0.15, 0.2) is 5.76 Å². The molecule has 1 fully saturated rings. The highest BCUT2D eigenvalue weighted by Gasteiger charge is 2.23. The van der Waals surface area contributed by atoms with Crippen molar-refractivity contribution in [1.82, 2.24) is 14.5 Å². The summed E-state index contributed by atoms with van der Waals surface area (Å²) in [6, 6.07) is 11.4. The number of anilines is 1. The van der Waals surface area contributed by atoms with Crippen molar-refractivity contribution < 1.29 is 13.6 Å². The van der Waals surface area contributed by atoms with Crippen LogP contribution in [0.4, 0.5) is 10.2 Å². The van der Waals surface area contributed by atoms with Gasteiger partial charge in [-0.25, -0.2) is 14.2 Å². The van der Waals surface area contributed by atoms with Gasteiger partial charge in [0.2, 0.25) is 5.91 Å². The van der Waals surface area contributed by atoms with Crippen LogP contribution in [-0.2, 0) is 11.3 Å². The lowest BCUT2D eigenvalue weighted by Gasteiger charge is -2.35. The summed E-state index contributed by atoms with van der Waals surface area (Å²) in [5, 5.41) is 0. The molecule has 0 bridgehead atoms. The van der Waals surface area contributed by atoms with Crippen molar-refractivity contribution in [2.24, 2.45) is 0 Å². The molecule has 28 heavy (non-hydrogen) atoms. The zero-order valence-electron chi connectivity index (χ0n) is 15.1. The first-order valence-corrected chi connectivity index (χ1v) is 9.00. The lowest BCUT2D eigenvalue weighted by molar-refractivity contribution is -0.132. The maximum Gasteiger partial charge on any atom is 0.419 e. The summed E-state index contributed by atoms with van der Waals surface area (Å²) in [4.78, 5) is 32.9. The van der Waals surface area contributed by atoms with E-state index >= 15 is 0 Å². The number of nitrogens with zero attached hydrogens (tertiary/aromatic N) is 4. The molecule has 0 saturated carbocycles. The number of amides is 1. The van der Waals surface area contributed by atoms with E-state index in [-0.39, 0.29) is 18.3 Å². The van der Waals surface area contributed by atoms with Crippen LogP contribution in [-0.4, -0.2) is 46.5 Å². The molecule has 4 rings (SSSR count). The average Bonchev–Trinajstić information content (AvgIpc) is 3.09. The highest BCUT2D eigenvalue weighted by Crippen LogP contribution is 2.18. The summed E-state index contributed by atoms with van der Waals surface area (Å²) in [5.41, 5.74) is 0.577. The van der Waals surface area contributed by atoms with E-state index in [1.807, 2.05) is 18.2 Å². The van der Waals surface area contributed by atoms with Crippen LogP contribution in [0.15, 0.2) is 64.1 Å². The lowest BCUT2D eigenvalue weighted by atomic mass is 10.2. The zero-order chi connectivity index (χ0) is 19.5. The Morgan fingerprint density at radius 1 is 1.07 bits per heavy atom. The van der Waals surface area contributed by atoms with Crippen LogP contribution in [0.2, 0.25) is 0 Å². The topological polar surface area (TPSA) is 71.6 Å². The van der Waals surface area contributed by atoms with Crippen molar-refractivity contribution in [3.63, 3.8) is 0 Å². The van der Waals surface area contributed by atoms with Gasteiger partial charge in [0.1, 0.15) is 18.2 Å². The molecule has 144 valence electrons. The molecule has 0 atom stereocenters. The molecule has 0 N–H and O–H groups in total. The van der Waals surface area contributed by atoms with Crippen molar-refractivity contribution >= 4 is 11.7 Å². The van der Waals surface area contributed by atoms with Crippen molar-refractivity contribution in [1.29, 1.82) is 0 Å². The fraction of sp³-hybridized carbons (Fsp3) is 0.250. The summed E-state index contributed by atoms with van der Waals surface area (Å²) in [7, 11) is 0. The number of piperazine rings is 1. The van der Waals surface area contributed by atoms with Crippen LogP contribution < -0.4 is 10.7 Å². The van der Waals surface area contributed by atoms with Crippen LogP contribution in [0.1, 0.15) is 0 Å². The van der Waals surface area contributed by atoms with E-state index in [1.165, 1.54) is 35.0 Å². The SMILES string of the molecule is O=C(Cn1cc(-c2ccc(F)cc2)oc1=O)N1CCN(c2ccccn2)CC1. The number of halogens is 1. The van der Waals surface area contributed by atoms with Crippen molar-refractivity contribution in [3.8, 4) is 11.3 Å². The van der Waals surface area contributed by atoms with E-state index in [2.05, 4.69) is 9.88 Å². The van der Waals surface area contributed by atoms with Crippen LogP contribution >= 0.6 is 0 Å². The van der Waals surface area contributed by atoms with E-state index < -0.39 is 5.76 Å². The van der Waals surface area contributed by atoms with Crippen LogP contribution in [0.5, 0.6) is 0 Å². The monoisotopic (exact) mass is 382 g/mol. The number of rotatable bonds is 4. The van der Waals surface area contributed by atoms with Gasteiger partial charge < -0.3 is 14.2 Å². The van der Waals surface area contributed by atoms with E-state index in [4.69, 9.17) is 4.42 Å². The number of hydrogen-bond acceptors (Lipinski definition) is 5. The molecule has 1 aliphatic rings. The molecule has 3 aromatic rings. The van der Waals surface area contributed by atoms with Gasteiger partial charge >= 0.3 is 5.76 Å². The smallest absolute Gasteiger partial charge is 0.408 e. The number of oxazole rings is 1. The summed E-state index contributed by atoms with van der Waals surface area (Å²) in [6.45, 7) is 2.40. The molecule has 3 heterocycles. The Bertz CT molecular complexity index is 1010. The van der Waals surface area contributed by atoms with Gasteiger partial charge in [0.05, 0.1) is 6.20 Å². The van der Waals surface area contributed by atoms with Crippen molar-refractivity contribution in [2.75, 3.05) is 31.1 Å². The second-order valence-electron chi connectivity index (χ2n) is 6.55. The second-order valence-corrected chi connectivity index (χ2v) is 6.55. The second kappa shape index (κ2) is 7.67. The zero-order valence-corrected chi connectivity index (χ0v) is 15.1. The van der Waals surface area contributed by atoms with Gasteiger partial charge in [-0.1, -0.05) is 6.07 Å². The number of aromatic nitrogens is 2. The molecule has 2 aromatic heterocycles. The van der Waals surface area contributed by atoms with Gasteiger partial charge in [-0.15, -0.1) is 0 Å². The molecule has 0 aliphatic carbocycles. The maximum atomic E-state index is 13.0. The van der Waals surface area contributed by atoms with Gasteiger partial charge in [0.25, 0.3) is 0 Å². The molecule has 1 amide bonds. The fourth-order valence-electron chi connectivity index (χ4n) is 3.20. The first-order valence-electron chi connectivity index (χ1n) is 9.00. The van der Waals surface area contributed by atoms with E-state index in [1.54, 1.807) is 11.1 Å². The lowest BCUT2D eigenvalue weighted by Crippen LogP contribution is -2.50. The predicted molar refractivity (Wildman–Crippen MR) is 101 cm³/mol. The minimum atomic E-state index is -0.611. The molecular formula is C20H19FN4O3. The summed E-state index contributed by atoms with van der Waals surface area (Å²) in [6.07, 6.45) is 3.23. The van der Waals surface area contributed by atoms with E-state index in [0.717, 1.165) is 5.82 Å². The van der Waals surface area contributed by atoms with Crippen LogP contribution in [0.3, 0.4) is 0 Å². The summed E-state index contributed by atoms with van der Waals surface area (Å²) < 4.78 is 19.5. The standard InChI is InChI=1S/C20H19FN4O3/c21-16-6-4-15(5-7-16)17-13-25(20(27)28-17)14-19(26)24-11-9-23(10-12-24)18-3-1-2-8-22-18/h1-8,13H,9-12,14H2. The van der Waals surface area contributed by atoms with Gasteiger partial charge in [-0.05, 0) is 36.4 Å². The first kappa shape index (κ1) is 18.0. The number of carbonyl (C=O) groups excluding carboxylic acids is 1. The molecule has 0 spiro atoms. The Morgan fingerprint density at radius 3 is 2.50 bits per heavy atom. The summed E-state index contributed by atoms with van der Waals surface area (Å²) >= 11 is 0. The number of hydrogen-bond donors (Lipinski definition) is 0. The fourth-order valence-corrected chi connectivity index (χ4v) is 3.20. The molecule has 0 radical (unpaired) electrons. The third-order valence-corrected chi connectivity index (χ3v) is 4.74. The number of benzene rings is 1. The minimum Gasteiger partial charge on any atom is -0.408 e. The highest BCUT2D eigenvalue weighted by molar-refractivity contribution is 5.76. The largest absolute Gasteiger partial charge is 0.419 e. The Balaban J connectivity index is 1.39. The Kier molecular flexibility index (Phi) is 4.92. The molecule has 1 aromatic carbocycles. The van der Waals surface area contributed by atoms with E-state index in [9.17, 15) is 14.0 Å². The summed E-state index contributed by atoms with van der Waals surface area (Å²) in [5.74, 6) is 0.0712.